The zero-order valence-corrected chi connectivity index (χ0v) is 9.96. The number of nitrogens with two attached hydrogens (primary N) is 2. The highest BCUT2D eigenvalue weighted by Crippen LogP contribution is 1.99. The van der Waals surface area contributed by atoms with Crippen molar-refractivity contribution >= 4 is 5.91 Å². The average Bonchev–Trinajstić information content (AvgIpc) is 2.21. The van der Waals surface area contributed by atoms with E-state index in [4.69, 9.17) is 11.5 Å². The second kappa shape index (κ2) is 8.68. The van der Waals surface area contributed by atoms with Crippen LogP contribution < -0.4 is 16.8 Å². The van der Waals surface area contributed by atoms with Crippen LogP contribution in [-0.2, 0) is 4.79 Å². The fourth-order valence-electron chi connectivity index (χ4n) is 1.26. The van der Waals surface area contributed by atoms with Crippen molar-refractivity contribution in [1.29, 1.82) is 0 Å². The number of hydrogen-bond acceptors (Lipinski definition) is 3. The van der Waals surface area contributed by atoms with E-state index >= 15 is 0 Å². The maximum absolute atomic E-state index is 11.4. The van der Waals surface area contributed by atoms with Gasteiger partial charge in [-0.2, -0.15) is 0 Å². The van der Waals surface area contributed by atoms with Crippen molar-refractivity contribution in [3.63, 3.8) is 0 Å². The Morgan fingerprint density at radius 2 is 1.80 bits per heavy atom. The maximum Gasteiger partial charge on any atom is 0.237 e. The lowest BCUT2D eigenvalue weighted by Crippen LogP contribution is -2.44. The number of rotatable bonds is 8. The van der Waals surface area contributed by atoms with Crippen LogP contribution in [0, 0.1) is 5.92 Å². The Hall–Kier alpha value is -0.610. The quantitative estimate of drug-likeness (QED) is 0.519. The molecule has 4 nitrogen and oxygen atoms in total. The number of carbonyl (C=O) groups excluding carboxylic acids is 1. The Kier molecular flexibility index (Phi) is 8.33. The summed E-state index contributed by atoms with van der Waals surface area (Å²) in [5.74, 6) is 0.158. The van der Waals surface area contributed by atoms with Crippen LogP contribution in [0.15, 0.2) is 0 Å². The smallest absolute Gasteiger partial charge is 0.237 e. The number of nitrogens with one attached hydrogen (secondary N) is 1. The van der Waals surface area contributed by atoms with E-state index in [9.17, 15) is 4.79 Å². The molecule has 0 aliphatic carbocycles. The fourth-order valence-corrected chi connectivity index (χ4v) is 1.26. The van der Waals surface area contributed by atoms with Crippen molar-refractivity contribution in [1.82, 2.24) is 5.32 Å². The summed E-state index contributed by atoms with van der Waals surface area (Å²) in [6, 6.07) is -0.381. The van der Waals surface area contributed by atoms with Crippen molar-refractivity contribution in [2.24, 2.45) is 17.4 Å². The van der Waals surface area contributed by atoms with E-state index in [1.165, 1.54) is 0 Å². The van der Waals surface area contributed by atoms with E-state index in [0.717, 1.165) is 38.8 Å². The van der Waals surface area contributed by atoms with Gasteiger partial charge in [-0.1, -0.05) is 26.7 Å². The fraction of sp³-hybridized carbons (Fsp3) is 0.909. The Morgan fingerprint density at radius 1 is 1.20 bits per heavy atom. The highest BCUT2D eigenvalue weighted by Gasteiger charge is 2.15. The first-order valence-corrected chi connectivity index (χ1v) is 5.83. The molecule has 15 heavy (non-hydrogen) atoms. The van der Waals surface area contributed by atoms with E-state index in [-0.39, 0.29) is 17.9 Å². The largest absolute Gasteiger partial charge is 0.355 e. The van der Waals surface area contributed by atoms with Gasteiger partial charge in [0, 0.05) is 6.54 Å². The number of amides is 1. The normalized spacial score (nSPS) is 12.9. The summed E-state index contributed by atoms with van der Waals surface area (Å²) in [6.07, 6.45) is 4.34. The molecule has 0 aromatic heterocycles. The monoisotopic (exact) mass is 215 g/mol. The van der Waals surface area contributed by atoms with E-state index in [1.807, 2.05) is 13.8 Å². The minimum atomic E-state index is -0.381. The molecule has 0 aliphatic heterocycles. The van der Waals surface area contributed by atoms with Crippen LogP contribution in [0.3, 0.4) is 0 Å². The second-order valence-corrected chi connectivity index (χ2v) is 4.26. The highest BCUT2D eigenvalue weighted by molar-refractivity contribution is 5.81. The van der Waals surface area contributed by atoms with Crippen molar-refractivity contribution in [2.75, 3.05) is 13.1 Å². The number of hydrogen-bond donors (Lipinski definition) is 3. The van der Waals surface area contributed by atoms with Gasteiger partial charge in [0.05, 0.1) is 6.04 Å². The molecule has 0 radical (unpaired) electrons. The summed E-state index contributed by atoms with van der Waals surface area (Å²) in [7, 11) is 0. The van der Waals surface area contributed by atoms with Crippen LogP contribution >= 0.6 is 0 Å². The van der Waals surface area contributed by atoms with Crippen LogP contribution in [0.25, 0.3) is 0 Å². The third-order valence-electron chi connectivity index (χ3n) is 2.45. The van der Waals surface area contributed by atoms with Gasteiger partial charge in [0.15, 0.2) is 0 Å². The van der Waals surface area contributed by atoms with Crippen molar-refractivity contribution in [3.05, 3.63) is 0 Å². The van der Waals surface area contributed by atoms with Crippen LogP contribution in [-0.4, -0.2) is 25.0 Å². The number of carbonyl (C=O) groups is 1. The molecule has 0 heterocycles. The summed E-state index contributed by atoms with van der Waals surface area (Å²) in [5, 5.41) is 2.85. The van der Waals surface area contributed by atoms with Gasteiger partial charge in [-0.15, -0.1) is 0 Å². The molecule has 0 aromatic rings. The molecule has 0 fully saturated rings. The van der Waals surface area contributed by atoms with Gasteiger partial charge in [-0.3, -0.25) is 4.79 Å². The molecule has 0 saturated heterocycles. The Morgan fingerprint density at radius 3 is 2.33 bits per heavy atom. The lowest BCUT2D eigenvalue weighted by molar-refractivity contribution is -0.123. The molecule has 0 aromatic carbocycles. The van der Waals surface area contributed by atoms with Gasteiger partial charge < -0.3 is 16.8 Å². The molecule has 0 spiro atoms. The van der Waals surface area contributed by atoms with Crippen LogP contribution in [0.1, 0.15) is 39.5 Å². The molecule has 1 atom stereocenters. The van der Waals surface area contributed by atoms with E-state index in [0.29, 0.717) is 0 Å². The zero-order valence-electron chi connectivity index (χ0n) is 9.96. The molecule has 5 N–H and O–H groups in total. The van der Waals surface area contributed by atoms with Gasteiger partial charge in [0.1, 0.15) is 0 Å². The van der Waals surface area contributed by atoms with Crippen molar-refractivity contribution in [2.45, 2.75) is 45.6 Å². The minimum absolute atomic E-state index is 0.0381. The molecular weight excluding hydrogens is 190 g/mol. The highest BCUT2D eigenvalue weighted by atomic mass is 16.2. The third kappa shape index (κ3) is 7.33. The predicted octanol–water partition coefficient (Wildman–Crippen LogP) is 0.605. The number of unbranched alkanes of at least 4 members (excludes halogenated alkanes) is 3. The lowest BCUT2D eigenvalue weighted by atomic mass is 10.1. The van der Waals surface area contributed by atoms with Crippen molar-refractivity contribution in [3.8, 4) is 0 Å². The van der Waals surface area contributed by atoms with Gasteiger partial charge in [-0.05, 0) is 25.3 Å². The van der Waals surface area contributed by atoms with Gasteiger partial charge in [-0.25, -0.2) is 0 Å². The molecule has 0 unspecified atom stereocenters. The molecule has 4 heteroatoms. The summed E-state index contributed by atoms with van der Waals surface area (Å²) in [5.41, 5.74) is 11.1. The van der Waals surface area contributed by atoms with Gasteiger partial charge in [0.25, 0.3) is 0 Å². The summed E-state index contributed by atoms with van der Waals surface area (Å²) in [6.45, 7) is 5.38. The second-order valence-electron chi connectivity index (χ2n) is 4.26. The first-order valence-electron chi connectivity index (χ1n) is 5.83. The summed E-state index contributed by atoms with van der Waals surface area (Å²) in [4.78, 5) is 11.4. The standard InChI is InChI=1S/C11H25N3O/c1-9(2)10(13)11(15)14-8-6-4-3-5-7-12/h9-10H,3-8,12-13H2,1-2H3,(H,14,15)/t10-/m0/s1. The Labute approximate surface area is 92.8 Å². The van der Waals surface area contributed by atoms with E-state index in [2.05, 4.69) is 5.32 Å². The van der Waals surface area contributed by atoms with Gasteiger partial charge >= 0.3 is 0 Å². The van der Waals surface area contributed by atoms with Crippen LogP contribution in [0.2, 0.25) is 0 Å². The molecule has 0 saturated carbocycles. The average molecular weight is 215 g/mol. The predicted molar refractivity (Wildman–Crippen MR) is 63.3 cm³/mol. The molecular formula is C11H25N3O. The Bertz CT molecular complexity index is 171. The summed E-state index contributed by atoms with van der Waals surface area (Å²) < 4.78 is 0. The van der Waals surface area contributed by atoms with E-state index in [1.54, 1.807) is 0 Å². The van der Waals surface area contributed by atoms with Crippen LogP contribution in [0.5, 0.6) is 0 Å². The van der Waals surface area contributed by atoms with Crippen LogP contribution in [0.4, 0.5) is 0 Å². The molecule has 90 valence electrons. The first kappa shape index (κ1) is 14.4. The SMILES string of the molecule is CC(C)[C@H](N)C(=O)NCCCCCCN. The zero-order chi connectivity index (χ0) is 11.7. The van der Waals surface area contributed by atoms with Gasteiger partial charge in [0.2, 0.25) is 5.91 Å². The molecule has 1 amide bonds. The lowest BCUT2D eigenvalue weighted by Gasteiger charge is -2.15. The maximum atomic E-state index is 11.4. The third-order valence-corrected chi connectivity index (χ3v) is 2.45. The Balaban J connectivity index is 3.39. The topological polar surface area (TPSA) is 81.1 Å². The minimum Gasteiger partial charge on any atom is -0.355 e. The van der Waals surface area contributed by atoms with Crippen molar-refractivity contribution < 1.29 is 4.79 Å². The molecule has 0 aliphatic rings. The first-order chi connectivity index (χ1) is 7.09. The molecule has 0 bridgehead atoms. The molecule has 0 rings (SSSR count). The van der Waals surface area contributed by atoms with E-state index < -0.39 is 0 Å². The summed E-state index contributed by atoms with van der Waals surface area (Å²) >= 11 is 0.